The van der Waals surface area contributed by atoms with E-state index >= 15 is 0 Å². The highest BCUT2D eigenvalue weighted by Crippen LogP contribution is 2.48. The zero-order valence-corrected chi connectivity index (χ0v) is 12.2. The van der Waals surface area contributed by atoms with Gasteiger partial charge in [0.15, 0.2) is 0 Å². The van der Waals surface area contributed by atoms with Gasteiger partial charge in [0, 0.05) is 17.2 Å². The summed E-state index contributed by atoms with van der Waals surface area (Å²) in [5.41, 5.74) is 5.51. The molecule has 0 heterocycles. The number of nitrogens with zero attached hydrogens (tertiary/aromatic N) is 1. The topological polar surface area (TPSA) is 41.5 Å². The molecule has 1 aromatic carbocycles. The molecule has 2 fully saturated rings. The van der Waals surface area contributed by atoms with Crippen LogP contribution in [0, 0.1) is 24.7 Å². The third-order valence-electron chi connectivity index (χ3n) is 5.00. The van der Waals surface area contributed by atoms with Crippen molar-refractivity contribution in [3.8, 4) is 0 Å². The monoisotopic (exact) mass is 270 g/mol. The first-order valence-corrected chi connectivity index (χ1v) is 7.55. The van der Waals surface area contributed by atoms with Gasteiger partial charge in [0.1, 0.15) is 0 Å². The third-order valence-corrected chi connectivity index (χ3v) is 5.00. The molecule has 2 saturated carbocycles. The van der Waals surface area contributed by atoms with Gasteiger partial charge >= 0.3 is 0 Å². The largest absolute Gasteiger partial charge is 0.271 e. The second-order valence-corrected chi connectivity index (χ2v) is 6.29. The predicted molar refractivity (Wildman–Crippen MR) is 80.7 cm³/mol. The zero-order chi connectivity index (χ0) is 14.1. The Morgan fingerprint density at radius 3 is 2.70 bits per heavy atom. The summed E-state index contributed by atoms with van der Waals surface area (Å²) in [6.45, 7) is 4.00. The second kappa shape index (κ2) is 5.39. The molecule has 0 aliphatic heterocycles. The zero-order valence-electron chi connectivity index (χ0n) is 12.2. The summed E-state index contributed by atoms with van der Waals surface area (Å²) in [6.07, 6.45) is 5.36. The van der Waals surface area contributed by atoms with Gasteiger partial charge in [0.2, 0.25) is 0 Å². The van der Waals surface area contributed by atoms with E-state index in [0.717, 1.165) is 23.1 Å². The van der Waals surface area contributed by atoms with Gasteiger partial charge in [-0.05, 0) is 56.6 Å². The number of rotatable bonds is 3. The minimum Gasteiger partial charge on any atom is -0.267 e. The Kier molecular flexibility index (Phi) is 3.60. The van der Waals surface area contributed by atoms with Gasteiger partial charge in [-0.2, -0.15) is 5.10 Å². The molecular formula is C17H22N2O. The van der Waals surface area contributed by atoms with Crippen LogP contribution in [0.2, 0.25) is 0 Å². The number of aryl methyl sites for hydroxylation is 1. The molecule has 3 unspecified atom stereocenters. The number of amides is 1. The van der Waals surface area contributed by atoms with E-state index in [2.05, 4.69) is 17.5 Å². The van der Waals surface area contributed by atoms with E-state index in [1.165, 1.54) is 25.7 Å². The minimum absolute atomic E-state index is 0.106. The number of nitrogens with one attached hydrogen (secondary N) is 1. The molecule has 0 radical (unpaired) electrons. The number of hydrogen-bond donors (Lipinski definition) is 1. The lowest BCUT2D eigenvalue weighted by Gasteiger charge is -2.21. The number of carbonyl (C=O) groups is 1. The van der Waals surface area contributed by atoms with E-state index < -0.39 is 0 Å². The van der Waals surface area contributed by atoms with Crippen molar-refractivity contribution in [1.29, 1.82) is 0 Å². The fourth-order valence-corrected chi connectivity index (χ4v) is 3.87. The molecule has 3 heteroatoms. The van der Waals surface area contributed by atoms with Crippen molar-refractivity contribution in [3.63, 3.8) is 0 Å². The highest BCUT2D eigenvalue weighted by molar-refractivity contribution is 5.96. The van der Waals surface area contributed by atoms with Crippen molar-refractivity contribution in [2.45, 2.75) is 39.5 Å². The molecule has 2 aliphatic rings. The average molecular weight is 270 g/mol. The fraction of sp³-hybridized carbons (Fsp3) is 0.529. The van der Waals surface area contributed by atoms with Crippen LogP contribution < -0.4 is 5.43 Å². The fourth-order valence-electron chi connectivity index (χ4n) is 3.87. The van der Waals surface area contributed by atoms with Crippen molar-refractivity contribution in [2.24, 2.45) is 22.9 Å². The Labute approximate surface area is 120 Å². The van der Waals surface area contributed by atoms with Gasteiger partial charge in [-0.25, -0.2) is 5.43 Å². The van der Waals surface area contributed by atoms with E-state index in [-0.39, 0.29) is 5.91 Å². The summed E-state index contributed by atoms with van der Waals surface area (Å²) in [5.74, 6) is 2.19. The Bertz CT molecular complexity index is 550. The first kappa shape index (κ1) is 13.3. The standard InChI is InChI=1S/C17H22N2O/c1-11-5-3-4-6-15(11)17(20)19-18-12(2)16-10-13-7-8-14(16)9-13/h3-6,13-14,16H,7-10H2,1-2H3,(H,19,20). The molecule has 0 spiro atoms. The lowest BCUT2D eigenvalue weighted by atomic mass is 9.86. The van der Waals surface area contributed by atoms with Crippen molar-refractivity contribution < 1.29 is 4.79 Å². The van der Waals surface area contributed by atoms with Crippen LogP contribution in [-0.4, -0.2) is 11.6 Å². The van der Waals surface area contributed by atoms with Crippen LogP contribution in [-0.2, 0) is 0 Å². The van der Waals surface area contributed by atoms with Crippen molar-refractivity contribution >= 4 is 11.6 Å². The summed E-state index contributed by atoms with van der Waals surface area (Å²) in [7, 11) is 0. The van der Waals surface area contributed by atoms with Crippen LogP contribution in [0.4, 0.5) is 0 Å². The number of fused-ring (bicyclic) bond motifs is 2. The van der Waals surface area contributed by atoms with Crippen LogP contribution in [0.5, 0.6) is 0 Å². The first-order chi connectivity index (χ1) is 9.65. The lowest BCUT2D eigenvalue weighted by Crippen LogP contribution is -2.25. The molecule has 106 valence electrons. The van der Waals surface area contributed by atoms with Crippen LogP contribution >= 0.6 is 0 Å². The number of hydrazone groups is 1. The Morgan fingerprint density at radius 1 is 1.25 bits per heavy atom. The minimum atomic E-state index is -0.106. The molecule has 20 heavy (non-hydrogen) atoms. The molecule has 3 atom stereocenters. The van der Waals surface area contributed by atoms with Crippen LogP contribution in [0.15, 0.2) is 29.4 Å². The van der Waals surface area contributed by atoms with Gasteiger partial charge in [-0.3, -0.25) is 4.79 Å². The van der Waals surface area contributed by atoms with Crippen molar-refractivity contribution in [2.75, 3.05) is 0 Å². The number of hydrogen-bond acceptors (Lipinski definition) is 2. The predicted octanol–water partition coefficient (Wildman–Crippen LogP) is 3.54. The maximum Gasteiger partial charge on any atom is 0.271 e. The number of carbonyl (C=O) groups excluding carboxylic acids is 1. The summed E-state index contributed by atoms with van der Waals surface area (Å²) in [5, 5.41) is 4.36. The van der Waals surface area contributed by atoms with Crippen molar-refractivity contribution in [3.05, 3.63) is 35.4 Å². The molecule has 3 rings (SSSR count). The molecule has 0 saturated heterocycles. The quantitative estimate of drug-likeness (QED) is 0.662. The second-order valence-electron chi connectivity index (χ2n) is 6.29. The molecule has 2 aliphatic carbocycles. The normalized spacial score (nSPS) is 28.7. The SMILES string of the molecule is CC(=NNC(=O)c1ccccc1C)C1CC2CCC1C2. The first-order valence-electron chi connectivity index (χ1n) is 7.55. The van der Waals surface area contributed by atoms with Crippen LogP contribution in [0.25, 0.3) is 0 Å². The van der Waals surface area contributed by atoms with Crippen LogP contribution in [0.3, 0.4) is 0 Å². The maximum absolute atomic E-state index is 12.1. The van der Waals surface area contributed by atoms with Crippen molar-refractivity contribution in [1.82, 2.24) is 5.43 Å². The van der Waals surface area contributed by atoms with Gasteiger partial charge in [-0.1, -0.05) is 24.6 Å². The average Bonchev–Trinajstić information content (AvgIpc) is 3.07. The molecule has 0 aromatic heterocycles. The Morgan fingerprint density at radius 2 is 2.05 bits per heavy atom. The molecular weight excluding hydrogens is 248 g/mol. The molecule has 3 nitrogen and oxygen atoms in total. The van der Waals surface area contributed by atoms with E-state index in [1.54, 1.807) is 0 Å². The molecule has 1 aromatic rings. The molecule has 1 N–H and O–H groups in total. The summed E-state index contributed by atoms with van der Waals surface area (Å²) in [6, 6.07) is 7.61. The highest BCUT2D eigenvalue weighted by Gasteiger charge is 2.40. The third kappa shape index (κ3) is 2.49. The van der Waals surface area contributed by atoms with E-state index in [9.17, 15) is 4.79 Å². The van der Waals surface area contributed by atoms with E-state index in [1.807, 2.05) is 31.2 Å². The summed E-state index contributed by atoms with van der Waals surface area (Å²) >= 11 is 0. The Balaban J connectivity index is 1.65. The Hall–Kier alpha value is -1.64. The van der Waals surface area contributed by atoms with E-state index in [4.69, 9.17) is 0 Å². The van der Waals surface area contributed by atoms with E-state index in [0.29, 0.717) is 11.5 Å². The van der Waals surface area contributed by atoms with Gasteiger partial charge < -0.3 is 0 Å². The summed E-state index contributed by atoms with van der Waals surface area (Å²) < 4.78 is 0. The van der Waals surface area contributed by atoms with Gasteiger partial charge in [-0.15, -0.1) is 0 Å². The highest BCUT2D eigenvalue weighted by atomic mass is 16.2. The lowest BCUT2D eigenvalue weighted by molar-refractivity contribution is 0.0954. The van der Waals surface area contributed by atoms with Gasteiger partial charge in [0.05, 0.1) is 0 Å². The van der Waals surface area contributed by atoms with Crippen LogP contribution in [0.1, 0.15) is 48.5 Å². The van der Waals surface area contributed by atoms with Gasteiger partial charge in [0.25, 0.3) is 5.91 Å². The summed E-state index contributed by atoms with van der Waals surface area (Å²) in [4.78, 5) is 12.1. The molecule has 2 bridgehead atoms. The molecule has 1 amide bonds. The number of benzene rings is 1. The maximum atomic E-state index is 12.1. The smallest absolute Gasteiger partial charge is 0.267 e.